The number of hydrogen-bond donors (Lipinski definition) is 0. The molecule has 0 aliphatic rings. The van der Waals surface area contributed by atoms with E-state index in [0.29, 0.717) is 5.69 Å². The number of esters is 1. The summed E-state index contributed by atoms with van der Waals surface area (Å²) in [5.74, 6) is -0.388. The number of hydrogen-bond acceptors (Lipinski definition) is 4. The fourth-order valence-electron chi connectivity index (χ4n) is 1.58. The number of carbonyl (C=O) groups excluding carboxylic acids is 1. The number of ether oxygens (including phenoxy) is 1. The Bertz CT molecular complexity index is 516. The Hall–Kier alpha value is -1.68. The highest BCUT2D eigenvalue weighted by Gasteiger charge is 2.16. The van der Waals surface area contributed by atoms with Crippen LogP contribution in [0, 0.1) is 0 Å². The Morgan fingerprint density at radius 3 is 2.65 bits per heavy atom. The zero-order valence-electron chi connectivity index (χ0n) is 9.77. The monoisotopic (exact) mass is 247 g/mol. The van der Waals surface area contributed by atoms with Crippen LogP contribution in [0.15, 0.2) is 29.8 Å². The molecular formula is C13H13NO2S. The number of nitrogens with zero attached hydrogens (tertiary/aromatic N) is 1. The van der Waals surface area contributed by atoms with E-state index in [4.69, 9.17) is 4.74 Å². The van der Waals surface area contributed by atoms with E-state index >= 15 is 0 Å². The van der Waals surface area contributed by atoms with Gasteiger partial charge in [0.15, 0.2) is 5.69 Å². The van der Waals surface area contributed by atoms with Crippen LogP contribution in [0.5, 0.6) is 0 Å². The lowest BCUT2D eigenvalue weighted by Gasteiger charge is -2.02. The summed E-state index contributed by atoms with van der Waals surface area (Å²) in [5.41, 5.74) is 4.33. The molecular weight excluding hydrogens is 234 g/mol. The highest BCUT2D eigenvalue weighted by molar-refractivity contribution is 7.13. The summed E-state index contributed by atoms with van der Waals surface area (Å²) in [7, 11) is 1.37. The molecule has 1 heterocycles. The van der Waals surface area contributed by atoms with Gasteiger partial charge in [-0.3, -0.25) is 0 Å². The second kappa shape index (κ2) is 5.10. The molecule has 0 amide bonds. The van der Waals surface area contributed by atoms with E-state index in [2.05, 4.69) is 24.0 Å². The van der Waals surface area contributed by atoms with Crippen molar-refractivity contribution >= 4 is 17.3 Å². The lowest BCUT2D eigenvalue weighted by Crippen LogP contribution is -2.02. The molecule has 1 aromatic heterocycles. The summed E-state index contributed by atoms with van der Waals surface area (Å²) in [6.45, 7) is 2.11. The van der Waals surface area contributed by atoms with Gasteiger partial charge in [0.1, 0.15) is 0 Å². The minimum Gasteiger partial charge on any atom is -0.464 e. The van der Waals surface area contributed by atoms with Gasteiger partial charge in [-0.25, -0.2) is 9.78 Å². The predicted molar refractivity (Wildman–Crippen MR) is 68.3 cm³/mol. The molecule has 0 N–H and O–H groups in total. The van der Waals surface area contributed by atoms with Crippen LogP contribution in [0.4, 0.5) is 0 Å². The Labute approximate surface area is 104 Å². The summed E-state index contributed by atoms with van der Waals surface area (Å²) in [6, 6.07) is 8.16. The van der Waals surface area contributed by atoms with Gasteiger partial charge in [0.05, 0.1) is 17.5 Å². The van der Waals surface area contributed by atoms with Crippen molar-refractivity contribution in [2.75, 3.05) is 7.11 Å². The van der Waals surface area contributed by atoms with Gasteiger partial charge in [-0.05, 0) is 17.5 Å². The first kappa shape index (κ1) is 11.8. The first-order valence-corrected chi connectivity index (χ1v) is 6.25. The van der Waals surface area contributed by atoms with Gasteiger partial charge in [-0.2, -0.15) is 0 Å². The van der Waals surface area contributed by atoms with E-state index in [-0.39, 0.29) is 5.97 Å². The molecule has 0 radical (unpaired) electrons. The molecule has 0 spiro atoms. The molecule has 88 valence electrons. The quantitative estimate of drug-likeness (QED) is 0.782. The van der Waals surface area contributed by atoms with Crippen LogP contribution >= 0.6 is 11.3 Å². The van der Waals surface area contributed by atoms with E-state index in [0.717, 1.165) is 16.9 Å². The molecule has 2 aromatic rings. The van der Waals surface area contributed by atoms with E-state index < -0.39 is 0 Å². The number of benzene rings is 1. The van der Waals surface area contributed by atoms with Crippen molar-refractivity contribution in [1.82, 2.24) is 4.98 Å². The zero-order valence-corrected chi connectivity index (χ0v) is 10.6. The Kier molecular flexibility index (Phi) is 3.54. The first-order chi connectivity index (χ1) is 8.26. The van der Waals surface area contributed by atoms with Gasteiger partial charge in [-0.1, -0.05) is 31.2 Å². The minimum absolute atomic E-state index is 0.388. The third kappa shape index (κ3) is 2.36. The van der Waals surface area contributed by atoms with Crippen LogP contribution in [-0.2, 0) is 11.2 Å². The van der Waals surface area contributed by atoms with Gasteiger partial charge in [0, 0.05) is 0 Å². The highest BCUT2D eigenvalue weighted by Crippen LogP contribution is 2.28. The molecule has 0 unspecified atom stereocenters. The maximum Gasteiger partial charge on any atom is 0.358 e. The van der Waals surface area contributed by atoms with Gasteiger partial charge < -0.3 is 4.74 Å². The zero-order chi connectivity index (χ0) is 12.3. The van der Waals surface area contributed by atoms with Crippen molar-refractivity contribution in [3.63, 3.8) is 0 Å². The first-order valence-electron chi connectivity index (χ1n) is 5.37. The molecule has 0 saturated heterocycles. The van der Waals surface area contributed by atoms with Crippen LogP contribution in [-0.4, -0.2) is 18.1 Å². The van der Waals surface area contributed by atoms with Crippen LogP contribution in [0.2, 0.25) is 0 Å². The third-order valence-corrected chi connectivity index (χ3v) is 3.45. The van der Waals surface area contributed by atoms with Crippen molar-refractivity contribution in [2.45, 2.75) is 13.3 Å². The summed E-state index contributed by atoms with van der Waals surface area (Å²) in [6.07, 6.45) is 1.01. The molecule has 2 rings (SSSR count). The molecule has 17 heavy (non-hydrogen) atoms. The van der Waals surface area contributed by atoms with Gasteiger partial charge in [0.25, 0.3) is 0 Å². The Balaban J connectivity index is 2.39. The average molecular weight is 247 g/mol. The molecule has 4 heteroatoms. The average Bonchev–Trinajstić information content (AvgIpc) is 2.87. The van der Waals surface area contributed by atoms with Crippen LogP contribution < -0.4 is 0 Å². The van der Waals surface area contributed by atoms with E-state index in [1.165, 1.54) is 24.0 Å². The minimum atomic E-state index is -0.388. The van der Waals surface area contributed by atoms with Gasteiger partial charge in [-0.15, -0.1) is 11.3 Å². The maximum absolute atomic E-state index is 11.5. The number of rotatable bonds is 3. The molecule has 0 bridgehead atoms. The summed E-state index contributed by atoms with van der Waals surface area (Å²) >= 11 is 1.45. The predicted octanol–water partition coefficient (Wildman–Crippen LogP) is 3.16. The molecule has 1 aromatic carbocycles. The van der Waals surface area contributed by atoms with Crippen molar-refractivity contribution in [1.29, 1.82) is 0 Å². The lowest BCUT2D eigenvalue weighted by atomic mass is 10.1. The van der Waals surface area contributed by atoms with Crippen LogP contribution in [0.1, 0.15) is 23.0 Å². The molecule has 0 saturated carbocycles. The fourth-order valence-corrected chi connectivity index (χ4v) is 2.37. The standard InChI is InChI=1S/C13H13NO2S/c1-3-9-4-6-10(7-5-9)12-11(13(15)16-2)14-8-17-12/h4-8H,3H2,1-2H3. The molecule has 0 aliphatic heterocycles. The number of aromatic nitrogens is 1. The summed E-state index contributed by atoms with van der Waals surface area (Å²) in [4.78, 5) is 16.4. The SMILES string of the molecule is CCc1ccc(-c2scnc2C(=O)OC)cc1. The van der Waals surface area contributed by atoms with Gasteiger partial charge in [0.2, 0.25) is 0 Å². The van der Waals surface area contributed by atoms with E-state index in [1.807, 2.05) is 12.1 Å². The Morgan fingerprint density at radius 1 is 1.35 bits per heavy atom. The Morgan fingerprint density at radius 2 is 2.06 bits per heavy atom. The second-order valence-corrected chi connectivity index (χ2v) is 4.43. The largest absolute Gasteiger partial charge is 0.464 e. The van der Waals surface area contributed by atoms with Crippen molar-refractivity contribution in [3.05, 3.63) is 41.0 Å². The van der Waals surface area contributed by atoms with Crippen molar-refractivity contribution in [2.24, 2.45) is 0 Å². The van der Waals surface area contributed by atoms with Crippen molar-refractivity contribution < 1.29 is 9.53 Å². The van der Waals surface area contributed by atoms with Crippen LogP contribution in [0.25, 0.3) is 10.4 Å². The molecule has 3 nitrogen and oxygen atoms in total. The summed E-state index contributed by atoms with van der Waals surface area (Å²) in [5, 5.41) is 0. The number of carbonyl (C=O) groups is 1. The summed E-state index contributed by atoms with van der Waals surface area (Å²) < 4.78 is 4.71. The molecule has 0 atom stereocenters. The lowest BCUT2D eigenvalue weighted by molar-refractivity contribution is 0.0596. The maximum atomic E-state index is 11.5. The normalized spacial score (nSPS) is 10.2. The van der Waals surface area contributed by atoms with Crippen molar-refractivity contribution in [3.8, 4) is 10.4 Å². The smallest absolute Gasteiger partial charge is 0.358 e. The fraction of sp³-hybridized carbons (Fsp3) is 0.231. The highest BCUT2D eigenvalue weighted by atomic mass is 32.1. The third-order valence-electron chi connectivity index (χ3n) is 2.57. The molecule has 0 aliphatic carbocycles. The van der Waals surface area contributed by atoms with Crippen LogP contribution in [0.3, 0.4) is 0 Å². The number of thiazole rings is 1. The number of methoxy groups -OCH3 is 1. The van der Waals surface area contributed by atoms with Gasteiger partial charge >= 0.3 is 5.97 Å². The van der Waals surface area contributed by atoms with E-state index in [1.54, 1.807) is 5.51 Å². The van der Waals surface area contributed by atoms with E-state index in [9.17, 15) is 4.79 Å². The topological polar surface area (TPSA) is 39.2 Å². The second-order valence-electron chi connectivity index (χ2n) is 3.57. The number of aryl methyl sites for hydroxylation is 1. The molecule has 0 fully saturated rings.